The first-order valence-electron chi connectivity index (χ1n) is 7.86. The van der Waals surface area contributed by atoms with Gasteiger partial charge in [-0.05, 0) is 50.2 Å². The van der Waals surface area contributed by atoms with E-state index in [1.807, 2.05) is 19.1 Å². The van der Waals surface area contributed by atoms with Crippen molar-refractivity contribution >= 4 is 40.7 Å². The molecule has 3 rings (SSSR count). The molecular weight excluding hydrogens is 358 g/mol. The standard InChI is InChI=1S/C19H18ClNO3S/c1-11(22)13-4-7-17(24-3)14(8-13)10-21-16-6-5-15(20)9-18(16)25-12(2)19(21)23/h4-9,12H,10H2,1-3H3. The molecule has 0 radical (unpaired) electrons. The van der Waals surface area contributed by atoms with Gasteiger partial charge in [-0.3, -0.25) is 9.59 Å². The van der Waals surface area contributed by atoms with Crippen LogP contribution in [-0.2, 0) is 11.3 Å². The van der Waals surface area contributed by atoms with Crippen molar-refractivity contribution in [2.45, 2.75) is 30.5 Å². The molecule has 1 amide bonds. The maximum absolute atomic E-state index is 12.8. The van der Waals surface area contributed by atoms with Crippen LogP contribution in [0.1, 0.15) is 29.8 Å². The zero-order chi connectivity index (χ0) is 18.1. The SMILES string of the molecule is COc1ccc(C(C)=O)cc1CN1C(=O)C(C)Sc2cc(Cl)ccc21. The van der Waals surface area contributed by atoms with Gasteiger partial charge in [-0.2, -0.15) is 0 Å². The Labute approximate surface area is 156 Å². The van der Waals surface area contributed by atoms with Crippen molar-refractivity contribution < 1.29 is 14.3 Å². The van der Waals surface area contributed by atoms with Crippen LogP contribution in [0.5, 0.6) is 5.75 Å². The highest BCUT2D eigenvalue weighted by molar-refractivity contribution is 8.01. The lowest BCUT2D eigenvalue weighted by Crippen LogP contribution is -2.39. The Balaban J connectivity index is 2.04. The third-order valence-corrected chi connectivity index (χ3v) is 5.52. The van der Waals surface area contributed by atoms with Gasteiger partial charge in [0.1, 0.15) is 5.75 Å². The summed E-state index contributed by atoms with van der Waals surface area (Å²) in [5.74, 6) is 0.652. The summed E-state index contributed by atoms with van der Waals surface area (Å²) in [5.41, 5.74) is 2.22. The molecule has 6 heteroatoms. The van der Waals surface area contributed by atoms with Crippen molar-refractivity contribution in [1.82, 2.24) is 0 Å². The number of rotatable bonds is 4. The number of thioether (sulfide) groups is 1. The van der Waals surface area contributed by atoms with Crippen molar-refractivity contribution in [2.24, 2.45) is 0 Å². The fraction of sp³-hybridized carbons (Fsp3) is 0.263. The van der Waals surface area contributed by atoms with Crippen molar-refractivity contribution in [3.63, 3.8) is 0 Å². The first-order chi connectivity index (χ1) is 11.9. The van der Waals surface area contributed by atoms with Crippen molar-refractivity contribution in [3.05, 3.63) is 52.5 Å². The fourth-order valence-corrected chi connectivity index (χ4v) is 4.18. The normalized spacial score (nSPS) is 16.6. The molecule has 1 aliphatic heterocycles. The number of hydrogen-bond acceptors (Lipinski definition) is 4. The smallest absolute Gasteiger partial charge is 0.240 e. The Morgan fingerprint density at radius 1 is 1.28 bits per heavy atom. The van der Waals surface area contributed by atoms with Gasteiger partial charge in [0.15, 0.2) is 5.78 Å². The molecule has 1 atom stereocenters. The second-order valence-corrected chi connectivity index (χ2v) is 7.70. The Bertz CT molecular complexity index is 853. The van der Waals surface area contributed by atoms with E-state index in [1.165, 1.54) is 18.7 Å². The number of amides is 1. The summed E-state index contributed by atoms with van der Waals surface area (Å²) in [6.45, 7) is 3.74. The van der Waals surface area contributed by atoms with E-state index in [1.54, 1.807) is 36.3 Å². The van der Waals surface area contributed by atoms with E-state index >= 15 is 0 Å². The molecule has 0 spiro atoms. The number of nitrogens with zero attached hydrogens (tertiary/aromatic N) is 1. The van der Waals surface area contributed by atoms with Gasteiger partial charge >= 0.3 is 0 Å². The monoisotopic (exact) mass is 375 g/mol. The second-order valence-electron chi connectivity index (χ2n) is 5.88. The van der Waals surface area contributed by atoms with E-state index in [0.29, 0.717) is 22.9 Å². The molecule has 1 unspecified atom stereocenters. The van der Waals surface area contributed by atoms with Crippen LogP contribution < -0.4 is 9.64 Å². The summed E-state index contributed by atoms with van der Waals surface area (Å²) in [5, 5.41) is 0.442. The van der Waals surface area contributed by atoms with Gasteiger partial charge in [-0.25, -0.2) is 0 Å². The maximum atomic E-state index is 12.8. The lowest BCUT2D eigenvalue weighted by atomic mass is 10.1. The number of ether oxygens (including phenoxy) is 1. The molecule has 0 fully saturated rings. The van der Waals surface area contributed by atoms with E-state index in [-0.39, 0.29) is 16.9 Å². The number of methoxy groups -OCH3 is 1. The first kappa shape index (κ1) is 17.8. The average Bonchev–Trinajstić information content (AvgIpc) is 2.58. The lowest BCUT2D eigenvalue weighted by molar-refractivity contribution is -0.118. The molecule has 1 aliphatic rings. The molecule has 130 valence electrons. The molecule has 0 aromatic heterocycles. The first-order valence-corrected chi connectivity index (χ1v) is 9.12. The lowest BCUT2D eigenvalue weighted by Gasteiger charge is -2.33. The zero-order valence-electron chi connectivity index (χ0n) is 14.2. The maximum Gasteiger partial charge on any atom is 0.240 e. The third-order valence-electron chi connectivity index (χ3n) is 4.15. The minimum Gasteiger partial charge on any atom is -0.496 e. The van der Waals surface area contributed by atoms with Gasteiger partial charge in [-0.1, -0.05) is 11.6 Å². The number of carbonyl (C=O) groups is 2. The molecule has 25 heavy (non-hydrogen) atoms. The summed E-state index contributed by atoms with van der Waals surface area (Å²) in [7, 11) is 1.58. The molecule has 0 saturated heterocycles. The highest BCUT2D eigenvalue weighted by Gasteiger charge is 2.31. The Hall–Kier alpha value is -1.98. The van der Waals surface area contributed by atoms with E-state index in [4.69, 9.17) is 16.3 Å². The minimum absolute atomic E-state index is 0.0232. The molecule has 1 heterocycles. The van der Waals surface area contributed by atoms with E-state index in [2.05, 4.69) is 0 Å². The van der Waals surface area contributed by atoms with Crippen LogP contribution in [0.25, 0.3) is 0 Å². The number of fused-ring (bicyclic) bond motifs is 1. The van der Waals surface area contributed by atoms with Crippen LogP contribution in [0.15, 0.2) is 41.3 Å². The van der Waals surface area contributed by atoms with Crippen LogP contribution >= 0.6 is 23.4 Å². The minimum atomic E-state index is -0.201. The van der Waals surface area contributed by atoms with Crippen LogP contribution in [0.3, 0.4) is 0 Å². The van der Waals surface area contributed by atoms with E-state index in [9.17, 15) is 9.59 Å². The molecular formula is C19H18ClNO3S. The van der Waals surface area contributed by atoms with Gasteiger partial charge < -0.3 is 9.64 Å². The number of carbonyl (C=O) groups excluding carboxylic acids is 2. The molecule has 0 bridgehead atoms. The fourth-order valence-electron chi connectivity index (χ4n) is 2.84. The summed E-state index contributed by atoms with van der Waals surface area (Å²) in [6, 6.07) is 10.8. The van der Waals surface area contributed by atoms with Gasteiger partial charge in [-0.15, -0.1) is 11.8 Å². The van der Waals surface area contributed by atoms with Gasteiger partial charge in [0.2, 0.25) is 5.91 Å². The van der Waals surface area contributed by atoms with Crippen LogP contribution in [0, 0.1) is 0 Å². The Kier molecular flexibility index (Phi) is 5.06. The predicted octanol–water partition coefficient (Wildman–Crippen LogP) is 4.58. The predicted molar refractivity (Wildman–Crippen MR) is 101 cm³/mol. The second kappa shape index (κ2) is 7.10. The number of ketones is 1. The number of Topliss-reactive ketones (excluding diaryl/α,β-unsaturated/α-hetero) is 1. The van der Waals surface area contributed by atoms with Crippen LogP contribution in [-0.4, -0.2) is 24.1 Å². The third kappa shape index (κ3) is 3.53. The molecule has 2 aromatic rings. The summed E-state index contributed by atoms with van der Waals surface area (Å²) >= 11 is 7.60. The number of halogens is 1. The van der Waals surface area contributed by atoms with Gasteiger partial charge in [0, 0.05) is 21.0 Å². The molecule has 0 N–H and O–H groups in total. The van der Waals surface area contributed by atoms with Crippen molar-refractivity contribution in [2.75, 3.05) is 12.0 Å². The van der Waals surface area contributed by atoms with E-state index < -0.39 is 0 Å². The summed E-state index contributed by atoms with van der Waals surface area (Å²) in [6.07, 6.45) is 0. The topological polar surface area (TPSA) is 46.6 Å². The molecule has 4 nitrogen and oxygen atoms in total. The highest BCUT2D eigenvalue weighted by atomic mass is 35.5. The molecule has 0 aliphatic carbocycles. The zero-order valence-corrected chi connectivity index (χ0v) is 15.8. The molecule has 2 aromatic carbocycles. The van der Waals surface area contributed by atoms with Gasteiger partial charge in [0.05, 0.1) is 24.6 Å². The quantitative estimate of drug-likeness (QED) is 0.734. The highest BCUT2D eigenvalue weighted by Crippen LogP contribution is 2.41. The van der Waals surface area contributed by atoms with Crippen LogP contribution in [0.4, 0.5) is 5.69 Å². The largest absolute Gasteiger partial charge is 0.496 e. The number of benzene rings is 2. The van der Waals surface area contributed by atoms with Crippen LogP contribution in [0.2, 0.25) is 5.02 Å². The van der Waals surface area contributed by atoms with E-state index in [0.717, 1.165) is 16.1 Å². The number of anilines is 1. The molecule has 0 saturated carbocycles. The Morgan fingerprint density at radius 3 is 2.72 bits per heavy atom. The summed E-state index contributed by atoms with van der Waals surface area (Å²) in [4.78, 5) is 27.2. The Morgan fingerprint density at radius 2 is 2.04 bits per heavy atom. The summed E-state index contributed by atoms with van der Waals surface area (Å²) < 4.78 is 5.42. The number of hydrogen-bond donors (Lipinski definition) is 0. The average molecular weight is 376 g/mol. The van der Waals surface area contributed by atoms with Crippen molar-refractivity contribution in [3.8, 4) is 5.75 Å². The van der Waals surface area contributed by atoms with Crippen molar-refractivity contribution in [1.29, 1.82) is 0 Å². The van der Waals surface area contributed by atoms with Gasteiger partial charge in [0.25, 0.3) is 0 Å².